The van der Waals surface area contributed by atoms with Crippen molar-refractivity contribution in [1.82, 2.24) is 0 Å². The Morgan fingerprint density at radius 2 is 2.00 bits per heavy atom. The van der Waals surface area contributed by atoms with Crippen LogP contribution in [-0.2, 0) is 9.53 Å². The average Bonchev–Trinajstić information content (AvgIpc) is 2.06. The van der Waals surface area contributed by atoms with Crippen LogP contribution in [-0.4, -0.2) is 5.97 Å². The summed E-state index contributed by atoms with van der Waals surface area (Å²) in [7, 11) is 3.10. The van der Waals surface area contributed by atoms with Gasteiger partial charge in [0, 0.05) is 6.42 Å². The molecule has 0 spiro atoms. The molecule has 0 amide bonds. The van der Waals surface area contributed by atoms with Crippen LogP contribution in [0.5, 0.6) is 0 Å². The number of hydrogen-bond donors (Lipinski definition) is 0. The Morgan fingerprint density at radius 3 is 2.55 bits per heavy atom. The Labute approximate surface area is 67.9 Å². The van der Waals surface area contributed by atoms with Crippen LogP contribution in [0.15, 0.2) is 0 Å². The highest BCUT2D eigenvalue weighted by Gasteiger charge is 2.16. The van der Waals surface area contributed by atoms with Crippen LogP contribution in [0.4, 0.5) is 0 Å². The van der Waals surface area contributed by atoms with Gasteiger partial charge in [0.1, 0.15) is 7.11 Å². The molecule has 1 rings (SSSR count). The molecule has 11 heavy (non-hydrogen) atoms. The van der Waals surface area contributed by atoms with E-state index in [0.717, 1.165) is 0 Å². The lowest BCUT2D eigenvalue weighted by molar-refractivity contribution is -0.139. The fourth-order valence-corrected chi connectivity index (χ4v) is 1.69. The van der Waals surface area contributed by atoms with E-state index in [1.165, 1.54) is 32.1 Å². The first-order chi connectivity index (χ1) is 5.33. The Bertz CT molecular complexity index is 126. The first kappa shape index (κ1) is 8.57. The van der Waals surface area contributed by atoms with Gasteiger partial charge < -0.3 is 4.74 Å². The normalized spacial score (nSPS) is 19.7. The lowest BCUT2D eigenvalue weighted by atomic mass is 9.87. The second kappa shape index (κ2) is 4.37. The molecule has 0 heterocycles. The van der Waals surface area contributed by atoms with Gasteiger partial charge in [0.05, 0.1) is 0 Å². The molecular weight excluding hydrogens is 140 g/mol. The van der Waals surface area contributed by atoms with E-state index >= 15 is 0 Å². The zero-order chi connectivity index (χ0) is 8.10. The Hall–Kier alpha value is -0.530. The van der Waals surface area contributed by atoms with E-state index in [0.29, 0.717) is 12.3 Å². The van der Waals surface area contributed by atoms with Crippen LogP contribution < -0.4 is 0 Å². The van der Waals surface area contributed by atoms with E-state index in [-0.39, 0.29) is 5.97 Å². The van der Waals surface area contributed by atoms with Gasteiger partial charge in [0.15, 0.2) is 0 Å². The molecule has 2 nitrogen and oxygen atoms in total. The van der Waals surface area contributed by atoms with Gasteiger partial charge in [0.2, 0.25) is 0 Å². The van der Waals surface area contributed by atoms with Gasteiger partial charge in [-0.05, 0) is 18.8 Å². The number of carbonyl (C=O) groups excluding carboxylic acids is 1. The average molecular weight is 155 g/mol. The van der Waals surface area contributed by atoms with Gasteiger partial charge >= 0.3 is 5.97 Å². The second-order valence-corrected chi connectivity index (χ2v) is 3.22. The van der Waals surface area contributed by atoms with Crippen molar-refractivity contribution in [1.29, 1.82) is 0 Å². The van der Waals surface area contributed by atoms with Gasteiger partial charge in [-0.15, -0.1) is 0 Å². The lowest BCUT2D eigenvalue weighted by Gasteiger charge is -2.19. The maximum atomic E-state index is 10.8. The minimum absolute atomic E-state index is 0.156. The van der Waals surface area contributed by atoms with Crippen LogP contribution >= 0.6 is 0 Å². The Kier molecular flexibility index (Phi) is 3.40. The van der Waals surface area contributed by atoms with E-state index < -0.39 is 0 Å². The number of carbonyl (C=O) groups is 1. The third-order valence-corrected chi connectivity index (χ3v) is 2.34. The molecule has 0 unspecified atom stereocenters. The monoisotopic (exact) mass is 155 g/mol. The van der Waals surface area contributed by atoms with Crippen molar-refractivity contribution < 1.29 is 9.53 Å². The Balaban J connectivity index is 2.19. The molecule has 0 aliphatic heterocycles. The van der Waals surface area contributed by atoms with Gasteiger partial charge in [-0.3, -0.25) is 4.79 Å². The summed E-state index contributed by atoms with van der Waals surface area (Å²) < 4.78 is 4.36. The van der Waals surface area contributed by atoms with Gasteiger partial charge in [-0.1, -0.05) is 19.3 Å². The molecule has 0 atom stereocenters. The van der Waals surface area contributed by atoms with Crippen molar-refractivity contribution in [2.24, 2.45) is 5.92 Å². The van der Waals surface area contributed by atoms with Crippen LogP contribution in [0.2, 0.25) is 0 Å². The zero-order valence-corrected chi connectivity index (χ0v) is 6.84. The van der Waals surface area contributed by atoms with Crippen LogP contribution in [0.1, 0.15) is 38.5 Å². The van der Waals surface area contributed by atoms with E-state index in [2.05, 4.69) is 11.8 Å². The van der Waals surface area contributed by atoms with Crippen LogP contribution in [0.3, 0.4) is 0 Å². The fourth-order valence-electron chi connectivity index (χ4n) is 1.69. The van der Waals surface area contributed by atoms with Crippen molar-refractivity contribution in [3.63, 3.8) is 0 Å². The summed E-state index contributed by atoms with van der Waals surface area (Å²) in [6.07, 6.45) is 6.83. The third-order valence-electron chi connectivity index (χ3n) is 2.34. The highest BCUT2D eigenvalue weighted by atomic mass is 16.5. The molecule has 0 aromatic rings. The molecule has 1 radical (unpaired) electrons. The Morgan fingerprint density at radius 1 is 1.36 bits per heavy atom. The van der Waals surface area contributed by atoms with Crippen molar-refractivity contribution in [2.45, 2.75) is 38.5 Å². The smallest absolute Gasteiger partial charge is 0.306 e. The number of hydrogen-bond acceptors (Lipinski definition) is 2. The molecule has 1 fully saturated rings. The molecule has 63 valence electrons. The standard InChI is InChI=1S/C9H15O2/c1-11-9(10)7-8-5-3-2-4-6-8/h8H,1-7H2. The topological polar surface area (TPSA) is 26.3 Å². The molecule has 1 aliphatic rings. The molecular formula is C9H15O2. The minimum Gasteiger partial charge on any atom is -0.462 e. The first-order valence-corrected chi connectivity index (χ1v) is 4.28. The second-order valence-electron chi connectivity index (χ2n) is 3.22. The largest absolute Gasteiger partial charge is 0.462 e. The summed E-state index contributed by atoms with van der Waals surface area (Å²) in [5.41, 5.74) is 0. The van der Waals surface area contributed by atoms with E-state index in [1.807, 2.05) is 0 Å². The van der Waals surface area contributed by atoms with Gasteiger partial charge in [-0.25, -0.2) is 0 Å². The van der Waals surface area contributed by atoms with Crippen LogP contribution in [0.25, 0.3) is 0 Å². The minimum atomic E-state index is -0.156. The molecule has 0 aromatic heterocycles. The predicted molar refractivity (Wildman–Crippen MR) is 42.6 cm³/mol. The number of rotatable bonds is 2. The molecule has 2 heteroatoms. The lowest BCUT2D eigenvalue weighted by Crippen LogP contribution is -2.12. The van der Waals surface area contributed by atoms with Gasteiger partial charge in [0.25, 0.3) is 0 Å². The SMILES string of the molecule is [CH2]OC(=O)CC1CCCCC1. The molecule has 0 N–H and O–H groups in total. The van der Waals surface area contributed by atoms with Crippen LogP contribution in [0, 0.1) is 13.0 Å². The summed E-state index contributed by atoms with van der Waals surface area (Å²) in [4.78, 5) is 10.8. The zero-order valence-electron chi connectivity index (χ0n) is 6.84. The molecule has 1 aliphatic carbocycles. The maximum absolute atomic E-state index is 10.8. The fraction of sp³-hybridized carbons (Fsp3) is 0.778. The summed E-state index contributed by atoms with van der Waals surface area (Å²) in [5, 5.41) is 0. The van der Waals surface area contributed by atoms with Crippen molar-refractivity contribution in [3.8, 4) is 0 Å². The van der Waals surface area contributed by atoms with Crippen molar-refractivity contribution >= 4 is 5.97 Å². The van der Waals surface area contributed by atoms with E-state index in [4.69, 9.17) is 0 Å². The first-order valence-electron chi connectivity index (χ1n) is 4.28. The van der Waals surface area contributed by atoms with E-state index in [9.17, 15) is 4.79 Å². The quantitative estimate of drug-likeness (QED) is 0.572. The third kappa shape index (κ3) is 2.91. The summed E-state index contributed by atoms with van der Waals surface area (Å²) >= 11 is 0. The number of esters is 1. The predicted octanol–water partition coefficient (Wildman–Crippen LogP) is 2.29. The summed E-state index contributed by atoms with van der Waals surface area (Å²) in [5.74, 6) is 0.412. The maximum Gasteiger partial charge on any atom is 0.306 e. The molecule has 1 saturated carbocycles. The highest BCUT2D eigenvalue weighted by Crippen LogP contribution is 2.26. The summed E-state index contributed by atoms with van der Waals surface area (Å²) in [6.45, 7) is 0. The molecule has 0 aromatic carbocycles. The highest BCUT2D eigenvalue weighted by molar-refractivity contribution is 5.69. The summed E-state index contributed by atoms with van der Waals surface area (Å²) in [6, 6.07) is 0. The molecule has 0 bridgehead atoms. The van der Waals surface area contributed by atoms with Crippen molar-refractivity contribution in [3.05, 3.63) is 7.11 Å². The van der Waals surface area contributed by atoms with Gasteiger partial charge in [-0.2, -0.15) is 0 Å². The van der Waals surface area contributed by atoms with Crippen molar-refractivity contribution in [2.75, 3.05) is 0 Å². The number of ether oxygens (including phenoxy) is 1. The van der Waals surface area contributed by atoms with E-state index in [1.54, 1.807) is 0 Å². The molecule has 0 saturated heterocycles.